The number of nitrogens with zero attached hydrogens (tertiary/aromatic N) is 3. The quantitative estimate of drug-likeness (QED) is 0.359. The van der Waals surface area contributed by atoms with E-state index >= 15 is 0 Å². The Morgan fingerprint density at radius 1 is 1.05 bits per heavy atom. The van der Waals surface area contributed by atoms with E-state index in [2.05, 4.69) is 40.2 Å². The van der Waals surface area contributed by atoms with Crippen LogP contribution in [-0.2, 0) is 15.3 Å². The second-order valence-electron chi connectivity index (χ2n) is 10.7. The second-order valence-corrected chi connectivity index (χ2v) is 13.3. The molecule has 3 heterocycles. The second kappa shape index (κ2) is 11.2. The van der Waals surface area contributed by atoms with Gasteiger partial charge in [0.15, 0.2) is 9.84 Å². The van der Waals surface area contributed by atoms with Crippen molar-refractivity contribution in [1.29, 1.82) is 0 Å². The highest BCUT2D eigenvalue weighted by Gasteiger charge is 2.43. The normalized spacial score (nSPS) is 25.5. The first-order valence-corrected chi connectivity index (χ1v) is 15.6. The van der Waals surface area contributed by atoms with Gasteiger partial charge >= 0.3 is 0 Å². The lowest BCUT2D eigenvalue weighted by Gasteiger charge is -2.40. The highest BCUT2D eigenvalue weighted by atomic mass is 32.2. The predicted octanol–water partition coefficient (Wildman–Crippen LogP) is 4.65. The largest absolute Gasteiger partial charge is 0.278 e. The molecule has 0 amide bonds. The molecule has 214 valence electrons. The van der Waals surface area contributed by atoms with E-state index in [1.54, 1.807) is 19.9 Å². The van der Waals surface area contributed by atoms with Gasteiger partial charge in [0.1, 0.15) is 17.8 Å². The van der Waals surface area contributed by atoms with Crippen LogP contribution in [0.15, 0.2) is 42.5 Å². The number of nitrogens with one attached hydrogen (secondary N) is 3. The molecule has 1 saturated heterocycles. The highest BCUT2D eigenvalue weighted by Crippen LogP contribution is 2.49. The summed E-state index contributed by atoms with van der Waals surface area (Å²) in [6.45, 7) is 7.53. The predicted molar refractivity (Wildman–Crippen MR) is 150 cm³/mol. The monoisotopic (exact) mass is 570 g/mol. The summed E-state index contributed by atoms with van der Waals surface area (Å²) in [4.78, 5) is 5.05. The number of pyridine rings is 1. The number of hydrogen-bond donors (Lipinski definition) is 3. The van der Waals surface area contributed by atoms with Crippen LogP contribution in [0.1, 0.15) is 88.1 Å². The Morgan fingerprint density at radius 3 is 2.45 bits per heavy atom. The molecule has 2 unspecified atom stereocenters. The molecule has 0 saturated carbocycles. The van der Waals surface area contributed by atoms with Crippen LogP contribution < -0.4 is 16.2 Å². The minimum atomic E-state index is -3.24. The summed E-state index contributed by atoms with van der Waals surface area (Å²) in [5.74, 6) is -1.08. The van der Waals surface area contributed by atoms with Crippen LogP contribution in [0.25, 0.3) is 11.3 Å². The Kier molecular flexibility index (Phi) is 8.02. The van der Waals surface area contributed by atoms with E-state index in [1.807, 2.05) is 18.2 Å². The minimum absolute atomic E-state index is 0.0654. The van der Waals surface area contributed by atoms with Crippen molar-refractivity contribution in [1.82, 2.24) is 31.3 Å². The summed E-state index contributed by atoms with van der Waals surface area (Å²) in [6, 6.07) is 11.4. The molecular formula is C29H36F2N6O2S. The number of benzene rings is 1. The summed E-state index contributed by atoms with van der Waals surface area (Å²) >= 11 is 0. The number of rotatable bonds is 8. The topological polar surface area (TPSA) is 109 Å². The van der Waals surface area contributed by atoms with Crippen LogP contribution in [0.3, 0.4) is 0 Å². The average molecular weight is 571 g/mol. The maximum atomic E-state index is 14.6. The highest BCUT2D eigenvalue weighted by molar-refractivity contribution is 7.92. The molecule has 1 aliphatic heterocycles. The van der Waals surface area contributed by atoms with Gasteiger partial charge in [-0.1, -0.05) is 32.9 Å². The molecule has 1 aromatic carbocycles. The number of aromatic nitrogens is 3. The van der Waals surface area contributed by atoms with Gasteiger partial charge in [0.25, 0.3) is 0 Å². The first-order chi connectivity index (χ1) is 19.1. The molecule has 40 heavy (non-hydrogen) atoms. The van der Waals surface area contributed by atoms with E-state index in [0.717, 1.165) is 41.9 Å². The smallest absolute Gasteiger partial charge is 0.155 e. The Bertz CT molecular complexity index is 1480. The lowest BCUT2D eigenvalue weighted by molar-refractivity contribution is 0.351. The third-order valence-corrected chi connectivity index (χ3v) is 10.9. The third-order valence-electron chi connectivity index (χ3n) is 8.68. The minimum Gasteiger partial charge on any atom is -0.278 e. The van der Waals surface area contributed by atoms with E-state index in [1.165, 1.54) is 18.2 Å². The van der Waals surface area contributed by atoms with Gasteiger partial charge in [0, 0.05) is 5.75 Å². The molecule has 5 rings (SSSR count). The maximum Gasteiger partial charge on any atom is 0.155 e. The molecule has 0 radical (unpaired) electrons. The van der Waals surface area contributed by atoms with Gasteiger partial charge in [-0.05, 0) is 74.4 Å². The first-order valence-electron chi connectivity index (χ1n) is 13.9. The van der Waals surface area contributed by atoms with Crippen molar-refractivity contribution in [2.75, 3.05) is 5.75 Å². The number of fused-ring (bicyclic) bond motifs is 1. The molecule has 5 atom stereocenters. The molecule has 8 nitrogen and oxygen atoms in total. The standard InChI is InChI=1S/C29H36F2N6O2S/c1-5-18-14-15-29(6-2,26-19(18)16-23(34-35-26)25-20(30)10-8-11-21(25)31)24-13-9-12-22(32-24)28-33-27(36-37-28)17(4)40(38,39)7-3/h8-13,16-18,27-28,33,36-37H,5-7,14-15H2,1-4H3/t17-,18+,27?,28?,29-/m1/s1. The van der Waals surface area contributed by atoms with Gasteiger partial charge in [0.2, 0.25) is 0 Å². The van der Waals surface area contributed by atoms with Gasteiger partial charge < -0.3 is 0 Å². The fraction of sp³-hybridized carbons (Fsp3) is 0.483. The van der Waals surface area contributed by atoms with Crippen molar-refractivity contribution in [3.05, 3.63) is 76.7 Å². The van der Waals surface area contributed by atoms with Crippen molar-refractivity contribution >= 4 is 9.84 Å². The lowest BCUT2D eigenvalue weighted by Crippen LogP contribution is -2.47. The van der Waals surface area contributed by atoms with Crippen LogP contribution in [0, 0.1) is 11.6 Å². The molecule has 3 N–H and O–H groups in total. The van der Waals surface area contributed by atoms with Gasteiger partial charge in [-0.2, -0.15) is 5.10 Å². The molecule has 11 heteroatoms. The van der Waals surface area contributed by atoms with Crippen LogP contribution in [0.4, 0.5) is 8.78 Å². The van der Waals surface area contributed by atoms with Gasteiger partial charge in [-0.25, -0.2) is 28.1 Å². The van der Waals surface area contributed by atoms with Crippen LogP contribution >= 0.6 is 0 Å². The maximum absolute atomic E-state index is 14.6. The molecule has 3 aromatic rings. The SMILES string of the molecule is CC[C@H]1CC[C@](CC)(c2cccc(C3NNC([C@@H](C)S(=O)(=O)CC)N3)n2)c2nnc(-c3c(F)cccc3F)cc21. The van der Waals surface area contributed by atoms with Crippen LogP contribution in [0.5, 0.6) is 0 Å². The summed E-state index contributed by atoms with van der Waals surface area (Å²) in [6.07, 6.45) is 2.41. The first kappa shape index (κ1) is 28.7. The Morgan fingerprint density at radius 2 is 1.77 bits per heavy atom. The fourth-order valence-electron chi connectivity index (χ4n) is 6.04. The number of sulfone groups is 1. The molecule has 0 bridgehead atoms. The molecule has 1 aliphatic carbocycles. The summed E-state index contributed by atoms with van der Waals surface area (Å²) < 4.78 is 54.1. The Labute approximate surface area is 234 Å². The lowest BCUT2D eigenvalue weighted by atomic mass is 9.65. The van der Waals surface area contributed by atoms with Crippen LogP contribution in [0.2, 0.25) is 0 Å². The molecular weight excluding hydrogens is 534 g/mol. The number of halogens is 2. The van der Waals surface area contributed by atoms with E-state index in [4.69, 9.17) is 4.98 Å². The zero-order chi connectivity index (χ0) is 28.7. The van der Waals surface area contributed by atoms with E-state index in [0.29, 0.717) is 6.42 Å². The summed E-state index contributed by atoms with van der Waals surface area (Å²) in [5, 5.41) is 11.7. The summed E-state index contributed by atoms with van der Waals surface area (Å²) in [7, 11) is -3.24. The molecule has 2 aliphatic rings. The van der Waals surface area contributed by atoms with E-state index in [-0.39, 0.29) is 22.9 Å². The van der Waals surface area contributed by atoms with Crippen LogP contribution in [-0.4, -0.2) is 40.8 Å². The molecule has 0 spiro atoms. The van der Waals surface area contributed by atoms with E-state index in [9.17, 15) is 17.2 Å². The molecule has 1 fully saturated rings. The fourth-order valence-corrected chi connectivity index (χ4v) is 7.13. The molecule has 2 aromatic heterocycles. The number of hydrogen-bond acceptors (Lipinski definition) is 8. The van der Waals surface area contributed by atoms with Crippen molar-refractivity contribution in [2.45, 2.75) is 82.3 Å². The summed E-state index contributed by atoms with van der Waals surface area (Å²) in [5.41, 5.74) is 9.01. The zero-order valence-electron chi connectivity index (χ0n) is 23.2. The van der Waals surface area contributed by atoms with Crippen molar-refractivity contribution < 1.29 is 17.2 Å². The van der Waals surface area contributed by atoms with Gasteiger partial charge in [-0.3, -0.25) is 10.3 Å². The average Bonchev–Trinajstić information content (AvgIpc) is 3.46. The number of hydrazine groups is 1. The van der Waals surface area contributed by atoms with Crippen molar-refractivity contribution in [3.63, 3.8) is 0 Å². The van der Waals surface area contributed by atoms with E-state index < -0.39 is 44.5 Å². The third kappa shape index (κ3) is 4.93. The van der Waals surface area contributed by atoms with Gasteiger partial charge in [0.05, 0.1) is 45.2 Å². The zero-order valence-corrected chi connectivity index (χ0v) is 24.0. The van der Waals surface area contributed by atoms with Gasteiger partial charge in [-0.15, -0.1) is 5.10 Å². The van der Waals surface area contributed by atoms with Crippen molar-refractivity contribution in [3.8, 4) is 11.3 Å². The Hall–Kier alpha value is -2.86. The van der Waals surface area contributed by atoms with Crippen molar-refractivity contribution in [2.24, 2.45) is 0 Å². The Balaban J connectivity index is 1.52.